The smallest absolute Gasteiger partial charge is 0.294 e. The summed E-state index contributed by atoms with van der Waals surface area (Å²) in [6.07, 6.45) is 7.86. The van der Waals surface area contributed by atoms with Crippen LogP contribution in [0.2, 0.25) is 0 Å². The SMILES string of the molecule is C#CCN1C(=O)S/C(=C/c2ccc(Oc3ccc([N+](=O)[O-])cn3)cc2)C1=O. The fourth-order valence-electron chi connectivity index (χ4n) is 2.17. The number of nitrogens with zero attached hydrogens (tertiary/aromatic N) is 3. The molecule has 134 valence electrons. The molecule has 3 rings (SSSR count). The van der Waals surface area contributed by atoms with Gasteiger partial charge in [-0.2, -0.15) is 0 Å². The molecule has 1 aliphatic heterocycles. The average Bonchev–Trinajstić information content (AvgIpc) is 2.91. The molecule has 9 heteroatoms. The molecule has 2 aromatic rings. The zero-order chi connectivity index (χ0) is 19.4. The number of pyridine rings is 1. The number of nitro groups is 1. The number of terminal acetylenes is 1. The second kappa shape index (κ2) is 7.72. The molecular formula is C18H11N3O5S. The highest BCUT2D eigenvalue weighted by atomic mass is 32.2. The summed E-state index contributed by atoms with van der Waals surface area (Å²) in [6, 6.07) is 9.41. The highest BCUT2D eigenvalue weighted by Gasteiger charge is 2.34. The van der Waals surface area contributed by atoms with Crippen molar-refractivity contribution in [1.29, 1.82) is 0 Å². The fourth-order valence-corrected chi connectivity index (χ4v) is 3.01. The molecule has 2 amide bonds. The molecule has 0 unspecified atom stereocenters. The number of hydrogen-bond donors (Lipinski definition) is 0. The number of imide groups is 1. The van der Waals surface area contributed by atoms with Crippen LogP contribution in [0.15, 0.2) is 47.5 Å². The average molecular weight is 381 g/mol. The minimum Gasteiger partial charge on any atom is -0.439 e. The largest absolute Gasteiger partial charge is 0.439 e. The summed E-state index contributed by atoms with van der Waals surface area (Å²) in [5.74, 6) is 2.54. The van der Waals surface area contributed by atoms with Gasteiger partial charge in [0.15, 0.2) is 0 Å². The molecule has 0 aliphatic carbocycles. The van der Waals surface area contributed by atoms with Gasteiger partial charge in [-0.25, -0.2) is 4.98 Å². The van der Waals surface area contributed by atoms with Gasteiger partial charge in [0.25, 0.3) is 16.8 Å². The van der Waals surface area contributed by atoms with E-state index in [-0.39, 0.29) is 18.1 Å². The maximum Gasteiger partial charge on any atom is 0.294 e. The third-order valence-corrected chi connectivity index (χ3v) is 4.36. The van der Waals surface area contributed by atoms with E-state index in [0.29, 0.717) is 16.2 Å². The molecule has 1 saturated heterocycles. The van der Waals surface area contributed by atoms with E-state index in [0.717, 1.165) is 22.9 Å². The van der Waals surface area contributed by atoms with E-state index in [1.807, 2.05) is 0 Å². The molecule has 0 bridgehead atoms. The normalized spacial score (nSPS) is 15.1. The first-order valence-electron chi connectivity index (χ1n) is 7.55. The van der Waals surface area contributed by atoms with Gasteiger partial charge >= 0.3 is 0 Å². The van der Waals surface area contributed by atoms with Crippen molar-refractivity contribution in [1.82, 2.24) is 9.88 Å². The van der Waals surface area contributed by atoms with Crippen LogP contribution in [0, 0.1) is 22.5 Å². The standard InChI is InChI=1S/C18H11N3O5S/c1-2-9-20-17(22)15(27-18(20)23)10-12-3-6-14(7-4-12)26-16-8-5-13(11-19-16)21(24)25/h1,3-8,10-11H,9H2/b15-10+. The first-order valence-corrected chi connectivity index (χ1v) is 8.37. The van der Waals surface area contributed by atoms with Crippen molar-refractivity contribution < 1.29 is 19.2 Å². The Morgan fingerprint density at radius 3 is 2.59 bits per heavy atom. The van der Waals surface area contributed by atoms with E-state index in [2.05, 4.69) is 10.9 Å². The van der Waals surface area contributed by atoms with Gasteiger partial charge in [-0.1, -0.05) is 18.1 Å². The van der Waals surface area contributed by atoms with Crippen molar-refractivity contribution in [2.45, 2.75) is 0 Å². The molecule has 1 aliphatic rings. The van der Waals surface area contributed by atoms with Crippen molar-refractivity contribution in [3.8, 4) is 24.0 Å². The zero-order valence-electron chi connectivity index (χ0n) is 13.7. The van der Waals surface area contributed by atoms with Crippen molar-refractivity contribution in [2.75, 3.05) is 6.54 Å². The zero-order valence-corrected chi connectivity index (χ0v) is 14.5. The highest BCUT2D eigenvalue weighted by molar-refractivity contribution is 8.18. The minimum absolute atomic E-state index is 0.0585. The summed E-state index contributed by atoms with van der Waals surface area (Å²) in [4.78, 5) is 39.1. The van der Waals surface area contributed by atoms with E-state index in [1.165, 1.54) is 12.1 Å². The Labute approximate surface area is 158 Å². The van der Waals surface area contributed by atoms with Crippen LogP contribution in [-0.2, 0) is 4.79 Å². The van der Waals surface area contributed by atoms with Gasteiger partial charge in [-0.05, 0) is 35.5 Å². The van der Waals surface area contributed by atoms with E-state index >= 15 is 0 Å². The van der Waals surface area contributed by atoms with E-state index in [9.17, 15) is 19.7 Å². The molecule has 0 spiro atoms. The topological polar surface area (TPSA) is 103 Å². The summed E-state index contributed by atoms with van der Waals surface area (Å²) in [6.45, 7) is -0.0585. The van der Waals surface area contributed by atoms with Crippen molar-refractivity contribution in [3.05, 3.63) is 63.2 Å². The number of rotatable bonds is 5. The molecule has 8 nitrogen and oxygen atoms in total. The van der Waals surface area contributed by atoms with E-state index in [4.69, 9.17) is 11.2 Å². The van der Waals surface area contributed by atoms with Crippen LogP contribution in [0.3, 0.4) is 0 Å². The second-order valence-corrected chi connectivity index (χ2v) is 6.25. The van der Waals surface area contributed by atoms with Crippen LogP contribution in [-0.4, -0.2) is 32.5 Å². The lowest BCUT2D eigenvalue weighted by Crippen LogP contribution is -2.28. The molecule has 0 radical (unpaired) electrons. The minimum atomic E-state index is -0.545. The van der Waals surface area contributed by atoms with Crippen molar-refractivity contribution in [2.24, 2.45) is 0 Å². The van der Waals surface area contributed by atoms with E-state index in [1.54, 1.807) is 30.3 Å². The Morgan fingerprint density at radius 1 is 1.26 bits per heavy atom. The van der Waals surface area contributed by atoms with Crippen molar-refractivity contribution in [3.63, 3.8) is 0 Å². The molecule has 0 N–H and O–H groups in total. The third-order valence-electron chi connectivity index (χ3n) is 3.45. The predicted molar refractivity (Wildman–Crippen MR) is 98.9 cm³/mol. The summed E-state index contributed by atoms with van der Waals surface area (Å²) in [5, 5.41) is 10.2. The number of thioether (sulfide) groups is 1. The number of hydrogen-bond acceptors (Lipinski definition) is 7. The lowest BCUT2D eigenvalue weighted by Gasteiger charge is -2.06. The number of ether oxygens (including phenoxy) is 1. The number of amides is 2. The number of carbonyl (C=O) groups excluding carboxylic acids is 2. The molecule has 2 heterocycles. The lowest BCUT2D eigenvalue weighted by molar-refractivity contribution is -0.385. The number of benzene rings is 1. The monoisotopic (exact) mass is 381 g/mol. The Bertz CT molecular complexity index is 978. The molecule has 1 aromatic heterocycles. The van der Waals surface area contributed by atoms with Crippen LogP contribution >= 0.6 is 11.8 Å². The Hall–Kier alpha value is -3.64. The Balaban J connectivity index is 1.70. The summed E-state index contributed by atoms with van der Waals surface area (Å²) in [7, 11) is 0. The molecule has 27 heavy (non-hydrogen) atoms. The van der Waals surface area contributed by atoms with Gasteiger partial charge < -0.3 is 4.74 Å². The van der Waals surface area contributed by atoms with Crippen LogP contribution < -0.4 is 4.74 Å². The fraction of sp³-hybridized carbons (Fsp3) is 0.0556. The predicted octanol–water partition coefficient (Wildman–Crippen LogP) is 3.45. The molecular weight excluding hydrogens is 370 g/mol. The first-order chi connectivity index (χ1) is 13.0. The third kappa shape index (κ3) is 4.13. The van der Waals surface area contributed by atoms with Crippen LogP contribution in [0.25, 0.3) is 6.08 Å². The molecule has 1 fully saturated rings. The Morgan fingerprint density at radius 2 is 2.00 bits per heavy atom. The molecule has 0 saturated carbocycles. The summed E-state index contributed by atoms with van der Waals surface area (Å²) in [5.41, 5.74) is 0.571. The second-order valence-electron chi connectivity index (χ2n) is 5.25. The van der Waals surface area contributed by atoms with Gasteiger partial charge in [-0.3, -0.25) is 24.6 Å². The van der Waals surface area contributed by atoms with Crippen LogP contribution in [0.1, 0.15) is 5.56 Å². The van der Waals surface area contributed by atoms with Gasteiger partial charge in [0.1, 0.15) is 11.9 Å². The van der Waals surface area contributed by atoms with Gasteiger partial charge in [-0.15, -0.1) is 6.42 Å². The molecule has 1 aromatic carbocycles. The van der Waals surface area contributed by atoms with Crippen LogP contribution in [0.5, 0.6) is 11.6 Å². The highest BCUT2D eigenvalue weighted by Crippen LogP contribution is 2.32. The van der Waals surface area contributed by atoms with Gasteiger partial charge in [0, 0.05) is 12.1 Å². The number of aromatic nitrogens is 1. The van der Waals surface area contributed by atoms with Crippen LogP contribution in [0.4, 0.5) is 10.5 Å². The maximum atomic E-state index is 12.1. The van der Waals surface area contributed by atoms with Gasteiger partial charge in [0.05, 0.1) is 16.4 Å². The number of carbonyl (C=O) groups is 2. The molecule has 0 atom stereocenters. The lowest BCUT2D eigenvalue weighted by atomic mass is 10.2. The quantitative estimate of drug-likeness (QED) is 0.338. The van der Waals surface area contributed by atoms with E-state index < -0.39 is 16.1 Å². The van der Waals surface area contributed by atoms with Gasteiger partial charge in [0.2, 0.25) is 5.88 Å². The summed E-state index contributed by atoms with van der Waals surface area (Å²) >= 11 is 0.834. The van der Waals surface area contributed by atoms with Crippen molar-refractivity contribution >= 4 is 34.7 Å². The first kappa shape index (κ1) is 18.2. The maximum absolute atomic E-state index is 12.1. The summed E-state index contributed by atoms with van der Waals surface area (Å²) < 4.78 is 5.51. The Kier molecular flexibility index (Phi) is 5.19.